The van der Waals surface area contributed by atoms with E-state index in [9.17, 15) is 13.2 Å². The summed E-state index contributed by atoms with van der Waals surface area (Å²) in [6.45, 7) is 0. The Labute approximate surface area is 142 Å². The van der Waals surface area contributed by atoms with E-state index < -0.39 is 12.6 Å². The van der Waals surface area contributed by atoms with Crippen molar-refractivity contribution >= 4 is 0 Å². The molecule has 0 aromatic heterocycles. The molecule has 24 heavy (non-hydrogen) atoms. The molecule has 1 nitrogen and oxygen atoms in total. The summed E-state index contributed by atoms with van der Waals surface area (Å²) in [5, 5.41) is 8.84. The Bertz CT molecular complexity index is 558. The van der Waals surface area contributed by atoms with Crippen molar-refractivity contribution in [2.45, 2.75) is 63.5 Å². The van der Waals surface area contributed by atoms with Crippen molar-refractivity contribution < 1.29 is 13.2 Å². The number of nitrogens with zero attached hydrogens (tertiary/aromatic N) is 1. The second-order valence-electron chi connectivity index (χ2n) is 6.65. The third-order valence-electron chi connectivity index (χ3n) is 4.86. The maximum atomic E-state index is 12.0. The van der Waals surface area contributed by atoms with Crippen LogP contribution in [0.5, 0.6) is 0 Å². The smallest absolute Gasteiger partial charge is 0.192 e. The molecule has 0 amide bonds. The van der Waals surface area contributed by atoms with Gasteiger partial charge < -0.3 is 0 Å². The van der Waals surface area contributed by atoms with Gasteiger partial charge in [-0.3, -0.25) is 0 Å². The maximum absolute atomic E-state index is 12.0. The summed E-state index contributed by atoms with van der Waals surface area (Å²) in [6, 6.07) is 10.0. The Morgan fingerprint density at radius 3 is 2.21 bits per heavy atom. The van der Waals surface area contributed by atoms with Crippen LogP contribution in [0.1, 0.15) is 68.4 Å². The minimum absolute atomic E-state index is 0.0922. The van der Waals surface area contributed by atoms with Crippen molar-refractivity contribution in [3.05, 3.63) is 47.5 Å². The number of halogens is 3. The van der Waals surface area contributed by atoms with Gasteiger partial charge in [0.05, 0.1) is 11.6 Å². The van der Waals surface area contributed by atoms with Crippen LogP contribution in [0.3, 0.4) is 0 Å². The Hall–Kier alpha value is -1.76. The Morgan fingerprint density at radius 1 is 1.00 bits per heavy atom. The van der Waals surface area contributed by atoms with E-state index >= 15 is 0 Å². The van der Waals surface area contributed by atoms with E-state index in [1.807, 2.05) is 18.2 Å². The predicted molar refractivity (Wildman–Crippen MR) is 89.5 cm³/mol. The van der Waals surface area contributed by atoms with E-state index in [4.69, 9.17) is 5.26 Å². The molecular formula is C20H24F3N. The molecule has 0 atom stereocenters. The molecule has 2 rings (SSSR count). The van der Waals surface area contributed by atoms with Gasteiger partial charge in [-0.2, -0.15) is 18.4 Å². The highest BCUT2D eigenvalue weighted by molar-refractivity contribution is 5.33. The number of alkyl halides is 3. The third kappa shape index (κ3) is 6.39. The molecule has 130 valence electrons. The van der Waals surface area contributed by atoms with Gasteiger partial charge in [0.2, 0.25) is 0 Å². The van der Waals surface area contributed by atoms with E-state index in [2.05, 4.69) is 18.2 Å². The standard InChI is InChI=1S/C20H24F3N/c21-20(22,23)14-4-2-1-3-5-16-6-10-18(11-7-16)19-12-8-17(15-24)9-13-19/h1-2,8-9,12-13,16,18H,3-7,10-11,14H2/b2-1+/t16-,18-. The van der Waals surface area contributed by atoms with Crippen LogP contribution < -0.4 is 0 Å². The maximum Gasteiger partial charge on any atom is 0.389 e. The summed E-state index contributed by atoms with van der Waals surface area (Å²) in [5.41, 5.74) is 2.02. The van der Waals surface area contributed by atoms with Crippen LogP contribution in [0.25, 0.3) is 0 Å². The first-order valence-electron chi connectivity index (χ1n) is 8.70. The molecule has 1 aromatic carbocycles. The van der Waals surface area contributed by atoms with Gasteiger partial charge in [0, 0.05) is 6.42 Å². The molecule has 0 saturated heterocycles. The summed E-state index contributed by atoms with van der Waals surface area (Å²) in [5.74, 6) is 1.27. The van der Waals surface area contributed by atoms with Crippen LogP contribution in [0.4, 0.5) is 13.2 Å². The van der Waals surface area contributed by atoms with Crippen molar-refractivity contribution in [3.63, 3.8) is 0 Å². The average Bonchev–Trinajstić information content (AvgIpc) is 2.58. The van der Waals surface area contributed by atoms with E-state index in [0.29, 0.717) is 17.4 Å². The largest absolute Gasteiger partial charge is 0.389 e. The van der Waals surface area contributed by atoms with E-state index in [0.717, 1.165) is 25.7 Å². The molecule has 1 aliphatic rings. The zero-order valence-corrected chi connectivity index (χ0v) is 13.9. The molecule has 0 spiro atoms. The van der Waals surface area contributed by atoms with Crippen LogP contribution in [0, 0.1) is 17.2 Å². The molecule has 0 N–H and O–H groups in total. The SMILES string of the molecule is N#Cc1ccc([C@H]2CC[C@H](CC/C=C/CCC(F)(F)F)CC2)cc1. The number of hydrogen-bond acceptors (Lipinski definition) is 1. The molecule has 0 heterocycles. The molecule has 0 bridgehead atoms. The van der Waals surface area contributed by atoms with Crippen LogP contribution in [-0.2, 0) is 0 Å². The normalized spacial score (nSPS) is 21.8. The Morgan fingerprint density at radius 2 is 1.62 bits per heavy atom. The first kappa shape index (κ1) is 18.6. The van der Waals surface area contributed by atoms with E-state index in [-0.39, 0.29) is 6.42 Å². The number of hydrogen-bond donors (Lipinski definition) is 0. The van der Waals surface area contributed by atoms with Gasteiger partial charge in [-0.15, -0.1) is 0 Å². The van der Waals surface area contributed by atoms with Crippen molar-refractivity contribution in [2.24, 2.45) is 5.92 Å². The molecule has 0 aliphatic heterocycles. The summed E-state index contributed by atoms with van der Waals surface area (Å²) in [7, 11) is 0. The fraction of sp³-hybridized carbons (Fsp3) is 0.550. The van der Waals surface area contributed by atoms with Gasteiger partial charge in [-0.1, -0.05) is 24.3 Å². The number of benzene rings is 1. The molecule has 0 radical (unpaired) electrons. The Kier molecular flexibility index (Phi) is 6.90. The molecule has 4 heteroatoms. The van der Waals surface area contributed by atoms with Crippen LogP contribution in [0.2, 0.25) is 0 Å². The first-order chi connectivity index (χ1) is 11.5. The Balaban J connectivity index is 1.65. The molecule has 1 aromatic rings. The molecule has 1 fully saturated rings. The fourth-order valence-corrected chi connectivity index (χ4v) is 3.43. The van der Waals surface area contributed by atoms with Gasteiger partial charge in [-0.25, -0.2) is 0 Å². The number of nitriles is 1. The quantitative estimate of drug-likeness (QED) is 0.544. The van der Waals surface area contributed by atoms with Gasteiger partial charge >= 0.3 is 6.18 Å². The van der Waals surface area contributed by atoms with Gasteiger partial charge in [-0.05, 0) is 74.5 Å². The molecule has 1 saturated carbocycles. The lowest BCUT2D eigenvalue weighted by Crippen LogP contribution is -2.13. The van der Waals surface area contributed by atoms with Crippen molar-refractivity contribution in [1.82, 2.24) is 0 Å². The van der Waals surface area contributed by atoms with Crippen molar-refractivity contribution in [2.75, 3.05) is 0 Å². The average molecular weight is 335 g/mol. The third-order valence-corrected chi connectivity index (χ3v) is 4.86. The van der Waals surface area contributed by atoms with Gasteiger partial charge in [0.1, 0.15) is 0 Å². The van der Waals surface area contributed by atoms with Gasteiger partial charge in [0.15, 0.2) is 0 Å². The molecule has 0 unspecified atom stereocenters. The number of allylic oxidation sites excluding steroid dienone is 2. The zero-order valence-electron chi connectivity index (χ0n) is 13.9. The second kappa shape index (κ2) is 8.92. The molecule has 1 aliphatic carbocycles. The van der Waals surface area contributed by atoms with Crippen molar-refractivity contribution in [3.8, 4) is 6.07 Å². The lowest BCUT2D eigenvalue weighted by atomic mass is 9.77. The van der Waals surface area contributed by atoms with Crippen molar-refractivity contribution in [1.29, 1.82) is 5.26 Å². The highest BCUT2D eigenvalue weighted by Gasteiger charge is 2.25. The first-order valence-corrected chi connectivity index (χ1v) is 8.70. The summed E-state index contributed by atoms with van der Waals surface area (Å²) >= 11 is 0. The van der Waals surface area contributed by atoms with Gasteiger partial charge in [0.25, 0.3) is 0 Å². The lowest BCUT2D eigenvalue weighted by molar-refractivity contribution is -0.133. The monoisotopic (exact) mass is 335 g/mol. The highest BCUT2D eigenvalue weighted by atomic mass is 19.4. The second-order valence-corrected chi connectivity index (χ2v) is 6.65. The predicted octanol–water partition coefficient (Wildman–Crippen LogP) is 6.51. The van der Waals surface area contributed by atoms with Crippen LogP contribution >= 0.6 is 0 Å². The minimum Gasteiger partial charge on any atom is -0.192 e. The highest BCUT2D eigenvalue weighted by Crippen LogP contribution is 2.37. The fourth-order valence-electron chi connectivity index (χ4n) is 3.43. The summed E-state index contributed by atoms with van der Waals surface area (Å²) in [6.07, 6.45) is 5.52. The lowest BCUT2D eigenvalue weighted by Gasteiger charge is -2.28. The molecular weight excluding hydrogens is 311 g/mol. The topological polar surface area (TPSA) is 23.8 Å². The van der Waals surface area contributed by atoms with E-state index in [1.165, 1.54) is 18.4 Å². The van der Waals surface area contributed by atoms with E-state index in [1.54, 1.807) is 6.08 Å². The minimum atomic E-state index is -4.05. The zero-order chi connectivity index (χ0) is 17.4. The number of rotatable bonds is 6. The van der Waals surface area contributed by atoms with Crippen LogP contribution in [0.15, 0.2) is 36.4 Å². The van der Waals surface area contributed by atoms with Crippen LogP contribution in [-0.4, -0.2) is 6.18 Å². The summed E-state index contributed by atoms with van der Waals surface area (Å²) in [4.78, 5) is 0. The summed E-state index contributed by atoms with van der Waals surface area (Å²) < 4.78 is 36.1.